The molecule has 0 unspecified atom stereocenters. The number of thioether (sulfide) groups is 1. The quantitative estimate of drug-likeness (QED) is 0.645. The van der Waals surface area contributed by atoms with Crippen molar-refractivity contribution < 1.29 is 4.42 Å². The van der Waals surface area contributed by atoms with E-state index in [4.69, 9.17) is 4.42 Å². The van der Waals surface area contributed by atoms with Gasteiger partial charge in [-0.3, -0.25) is 4.79 Å². The summed E-state index contributed by atoms with van der Waals surface area (Å²) in [5.74, 6) is 1.60. The van der Waals surface area contributed by atoms with Crippen LogP contribution in [0.4, 0.5) is 0 Å². The number of benzene rings is 1. The predicted octanol–water partition coefficient (Wildman–Crippen LogP) is 5.21. The lowest BCUT2D eigenvalue weighted by Gasteiger charge is -2.10. The third-order valence-corrected chi connectivity index (χ3v) is 5.07. The predicted molar refractivity (Wildman–Crippen MR) is 106 cm³/mol. The van der Waals surface area contributed by atoms with E-state index in [0.717, 1.165) is 38.9 Å². The van der Waals surface area contributed by atoms with E-state index in [1.165, 1.54) is 0 Å². The maximum absolute atomic E-state index is 12.6. The normalized spacial score (nSPS) is 10.7. The second-order valence-electron chi connectivity index (χ2n) is 6.22. The van der Waals surface area contributed by atoms with Gasteiger partial charge in [0.05, 0.1) is 0 Å². The van der Waals surface area contributed by atoms with Gasteiger partial charge in [-0.2, -0.15) is 5.26 Å². The number of furan rings is 1. The number of pyridine rings is 1. The second kappa shape index (κ2) is 7.27. The van der Waals surface area contributed by atoms with Crippen LogP contribution in [-0.2, 0) is 0 Å². The first kappa shape index (κ1) is 18.1. The summed E-state index contributed by atoms with van der Waals surface area (Å²) in [4.78, 5) is 15.5. The number of hydrogen-bond acceptors (Lipinski definition) is 4. The van der Waals surface area contributed by atoms with Crippen molar-refractivity contribution in [1.82, 2.24) is 4.98 Å². The summed E-state index contributed by atoms with van der Waals surface area (Å²) in [5.41, 5.74) is 4.97. The van der Waals surface area contributed by atoms with Gasteiger partial charge in [0.2, 0.25) is 0 Å². The fraction of sp³-hybridized carbons (Fsp3) is 0.238. The van der Waals surface area contributed by atoms with Gasteiger partial charge in [0.1, 0.15) is 17.4 Å². The number of aromatic nitrogens is 1. The number of nitriles is 1. The Balaban J connectivity index is 2.30. The number of nitrogens with zero attached hydrogens (tertiary/aromatic N) is 1. The van der Waals surface area contributed by atoms with Crippen LogP contribution in [0.5, 0.6) is 0 Å². The lowest BCUT2D eigenvalue weighted by atomic mass is 9.98. The maximum Gasteiger partial charge on any atom is 0.266 e. The largest absolute Gasteiger partial charge is 0.455 e. The Morgan fingerprint density at radius 2 is 1.88 bits per heavy atom. The van der Waals surface area contributed by atoms with Crippen molar-refractivity contribution in [3.05, 3.63) is 63.1 Å². The highest BCUT2D eigenvalue weighted by molar-refractivity contribution is 7.99. The van der Waals surface area contributed by atoms with E-state index in [9.17, 15) is 10.1 Å². The smallest absolute Gasteiger partial charge is 0.266 e. The summed E-state index contributed by atoms with van der Waals surface area (Å²) < 4.78 is 5.78. The van der Waals surface area contributed by atoms with E-state index in [0.29, 0.717) is 11.3 Å². The number of aromatic amines is 1. The van der Waals surface area contributed by atoms with Gasteiger partial charge in [-0.15, -0.1) is 0 Å². The van der Waals surface area contributed by atoms with Gasteiger partial charge in [-0.05, 0) is 50.3 Å². The standard InChI is InChI=1S/C21H20N2O2S/c1-5-26-21-17(9-14(4)25-21)16-10-19(23-20(24)18(16)11-22)15-8-12(2)6-7-13(15)3/h6-10H,5H2,1-4H3,(H,23,24). The molecule has 0 aliphatic heterocycles. The molecule has 132 valence electrons. The molecular weight excluding hydrogens is 344 g/mol. The monoisotopic (exact) mass is 364 g/mol. The van der Waals surface area contributed by atoms with Gasteiger partial charge in [0, 0.05) is 22.4 Å². The number of aryl methyl sites for hydroxylation is 3. The van der Waals surface area contributed by atoms with Gasteiger partial charge < -0.3 is 9.40 Å². The Hall–Kier alpha value is -2.71. The number of hydrogen-bond donors (Lipinski definition) is 1. The molecule has 3 rings (SSSR count). The first-order valence-corrected chi connectivity index (χ1v) is 9.41. The van der Waals surface area contributed by atoms with E-state index in [2.05, 4.69) is 11.1 Å². The molecule has 26 heavy (non-hydrogen) atoms. The van der Waals surface area contributed by atoms with Crippen LogP contribution >= 0.6 is 11.8 Å². The van der Waals surface area contributed by atoms with Gasteiger partial charge in [-0.25, -0.2) is 0 Å². The molecule has 0 atom stereocenters. The molecular formula is C21H20N2O2S. The summed E-state index contributed by atoms with van der Waals surface area (Å²) in [6.45, 7) is 7.93. The molecule has 0 spiro atoms. The summed E-state index contributed by atoms with van der Waals surface area (Å²) in [6.07, 6.45) is 0. The zero-order valence-electron chi connectivity index (χ0n) is 15.3. The minimum atomic E-state index is -0.382. The van der Waals surface area contributed by atoms with Crippen LogP contribution < -0.4 is 5.56 Å². The van der Waals surface area contributed by atoms with Crippen molar-refractivity contribution in [2.45, 2.75) is 32.8 Å². The van der Waals surface area contributed by atoms with Crippen LogP contribution in [0.15, 0.2) is 44.6 Å². The van der Waals surface area contributed by atoms with Crippen LogP contribution in [0.25, 0.3) is 22.4 Å². The van der Waals surface area contributed by atoms with Crippen LogP contribution in [-0.4, -0.2) is 10.7 Å². The number of rotatable bonds is 4. The molecule has 0 fully saturated rings. The highest BCUT2D eigenvalue weighted by atomic mass is 32.2. The minimum absolute atomic E-state index is 0.109. The van der Waals surface area contributed by atoms with Crippen LogP contribution in [0.1, 0.15) is 29.4 Å². The molecule has 1 aromatic carbocycles. The summed E-state index contributed by atoms with van der Waals surface area (Å²) >= 11 is 1.56. The van der Waals surface area contributed by atoms with Crippen molar-refractivity contribution in [2.24, 2.45) is 0 Å². The van der Waals surface area contributed by atoms with Crippen molar-refractivity contribution >= 4 is 11.8 Å². The van der Waals surface area contributed by atoms with E-state index in [-0.39, 0.29) is 11.1 Å². The fourth-order valence-electron chi connectivity index (χ4n) is 2.97. The Kier molecular flexibility index (Phi) is 5.06. The van der Waals surface area contributed by atoms with Crippen molar-refractivity contribution in [1.29, 1.82) is 5.26 Å². The Morgan fingerprint density at radius 3 is 2.58 bits per heavy atom. The molecule has 5 heteroatoms. The molecule has 4 nitrogen and oxygen atoms in total. The Labute approximate surface area is 156 Å². The Morgan fingerprint density at radius 1 is 1.12 bits per heavy atom. The maximum atomic E-state index is 12.6. The lowest BCUT2D eigenvalue weighted by Crippen LogP contribution is -2.13. The molecule has 0 aliphatic rings. The molecule has 0 aliphatic carbocycles. The third kappa shape index (κ3) is 3.33. The third-order valence-electron chi connectivity index (χ3n) is 4.22. The fourth-order valence-corrected chi connectivity index (χ4v) is 3.75. The molecule has 1 N–H and O–H groups in total. The van der Waals surface area contributed by atoms with Crippen LogP contribution in [0, 0.1) is 32.1 Å². The van der Waals surface area contributed by atoms with Crippen molar-refractivity contribution in [3.8, 4) is 28.5 Å². The molecule has 3 aromatic rings. The van der Waals surface area contributed by atoms with Crippen LogP contribution in [0.2, 0.25) is 0 Å². The average molecular weight is 364 g/mol. The Bertz CT molecular complexity index is 1070. The number of nitrogens with one attached hydrogen (secondary N) is 1. The van der Waals surface area contributed by atoms with Gasteiger partial charge >= 0.3 is 0 Å². The first-order valence-electron chi connectivity index (χ1n) is 8.43. The molecule has 0 saturated carbocycles. The molecule has 0 bridgehead atoms. The van der Waals surface area contributed by atoms with Gasteiger partial charge in [0.15, 0.2) is 5.09 Å². The summed E-state index contributed by atoms with van der Waals surface area (Å²) in [7, 11) is 0. The summed E-state index contributed by atoms with van der Waals surface area (Å²) in [5, 5.41) is 10.3. The molecule has 0 radical (unpaired) electrons. The number of H-pyrrole nitrogens is 1. The summed E-state index contributed by atoms with van der Waals surface area (Å²) in [6, 6.07) is 11.9. The van der Waals surface area contributed by atoms with E-state index >= 15 is 0 Å². The average Bonchev–Trinajstić information content (AvgIpc) is 2.97. The highest BCUT2D eigenvalue weighted by Gasteiger charge is 2.19. The SMILES string of the molecule is CCSc1oc(C)cc1-c1cc(-c2cc(C)ccc2C)[nH]c(=O)c1C#N. The van der Waals surface area contributed by atoms with Crippen molar-refractivity contribution in [3.63, 3.8) is 0 Å². The van der Waals surface area contributed by atoms with Gasteiger partial charge in [-0.1, -0.05) is 36.4 Å². The lowest BCUT2D eigenvalue weighted by molar-refractivity contribution is 0.450. The van der Waals surface area contributed by atoms with Crippen LogP contribution in [0.3, 0.4) is 0 Å². The van der Waals surface area contributed by atoms with E-state index < -0.39 is 0 Å². The zero-order chi connectivity index (χ0) is 18.8. The molecule has 0 amide bonds. The van der Waals surface area contributed by atoms with E-state index in [1.807, 2.05) is 58.0 Å². The molecule has 0 saturated heterocycles. The van der Waals surface area contributed by atoms with Crippen molar-refractivity contribution in [2.75, 3.05) is 5.75 Å². The van der Waals surface area contributed by atoms with Gasteiger partial charge in [0.25, 0.3) is 5.56 Å². The highest BCUT2D eigenvalue weighted by Crippen LogP contribution is 2.37. The van der Waals surface area contributed by atoms with E-state index in [1.54, 1.807) is 11.8 Å². The molecule has 2 aromatic heterocycles. The molecule has 2 heterocycles. The topological polar surface area (TPSA) is 69.8 Å². The minimum Gasteiger partial charge on any atom is -0.455 e. The zero-order valence-corrected chi connectivity index (χ0v) is 16.1. The second-order valence-corrected chi connectivity index (χ2v) is 7.46. The first-order chi connectivity index (χ1) is 12.4.